The Kier molecular flexibility index (Phi) is 32.9. The van der Waals surface area contributed by atoms with Crippen LogP contribution in [0.5, 0.6) is 0 Å². The smallest absolute Gasteiger partial charge is 0.305 e. The van der Waals surface area contributed by atoms with Crippen molar-refractivity contribution >= 4 is 5.97 Å². The van der Waals surface area contributed by atoms with E-state index in [4.69, 9.17) is 9.47 Å². The molecule has 1 saturated heterocycles. The summed E-state index contributed by atoms with van der Waals surface area (Å²) < 4.78 is 12.2. The van der Waals surface area contributed by atoms with Crippen LogP contribution in [-0.4, -0.2) is 54.4 Å². The van der Waals surface area contributed by atoms with Crippen LogP contribution in [0.3, 0.4) is 0 Å². The van der Waals surface area contributed by atoms with E-state index in [1.807, 2.05) is 0 Å². The van der Waals surface area contributed by atoms with Crippen molar-refractivity contribution in [2.45, 2.75) is 238 Å². The third kappa shape index (κ3) is 26.7. The van der Waals surface area contributed by atoms with Crippen LogP contribution in [0, 0.1) is 5.92 Å². The van der Waals surface area contributed by atoms with Crippen LogP contribution < -0.4 is 0 Å². The highest BCUT2D eigenvalue weighted by Crippen LogP contribution is 2.31. The zero-order chi connectivity index (χ0) is 36.3. The van der Waals surface area contributed by atoms with Gasteiger partial charge in [0.05, 0.1) is 25.1 Å². The van der Waals surface area contributed by atoms with E-state index in [-0.39, 0.29) is 12.6 Å². The monoisotopic (exact) mass is 706 g/mol. The summed E-state index contributed by atoms with van der Waals surface area (Å²) in [5, 5.41) is 9.75. The molecule has 296 valence electrons. The van der Waals surface area contributed by atoms with Crippen LogP contribution >= 0.6 is 0 Å². The Hall–Kier alpha value is -1.07. The van der Waals surface area contributed by atoms with Crippen molar-refractivity contribution in [1.29, 1.82) is 0 Å². The van der Waals surface area contributed by atoms with Gasteiger partial charge < -0.3 is 14.6 Å². The molecule has 0 spiro atoms. The molecule has 1 fully saturated rings. The van der Waals surface area contributed by atoms with Crippen molar-refractivity contribution < 1.29 is 19.4 Å². The lowest BCUT2D eigenvalue weighted by atomic mass is 9.82. The second kappa shape index (κ2) is 35.0. The highest BCUT2D eigenvalue weighted by atomic mass is 16.5. The number of hydrogen-bond acceptors (Lipinski definition) is 5. The van der Waals surface area contributed by atoms with Gasteiger partial charge in [-0.05, 0) is 76.7 Å². The summed E-state index contributed by atoms with van der Waals surface area (Å²) in [7, 11) is 0. The third-order valence-corrected chi connectivity index (χ3v) is 11.2. The van der Waals surface area contributed by atoms with Crippen molar-refractivity contribution in [3.05, 3.63) is 12.3 Å². The van der Waals surface area contributed by atoms with E-state index >= 15 is 0 Å². The lowest BCUT2D eigenvalue weighted by Gasteiger charge is -2.41. The molecule has 0 radical (unpaired) electrons. The highest BCUT2D eigenvalue weighted by Gasteiger charge is 2.31. The van der Waals surface area contributed by atoms with Gasteiger partial charge in [-0.15, -0.1) is 0 Å². The molecule has 0 aliphatic carbocycles. The zero-order valence-electron chi connectivity index (χ0n) is 34.0. The molecule has 1 aliphatic rings. The minimum absolute atomic E-state index is 0.0392. The number of allylic oxidation sites excluding steroid dienone is 1. The molecule has 0 aromatic heterocycles. The molecule has 2 atom stereocenters. The number of aliphatic hydroxyl groups is 1. The molecule has 1 aliphatic heterocycles. The standard InChI is InChI=1S/C45H87NO4/c1-5-8-11-14-17-18-19-22-28-40-49-45(48)36-35-44-42(32-29-37-46(44)38-39-47)31-25-23-24-30-41(4)50-43(33-26-20-15-12-9-6-2)34-27-21-16-13-10-7-3/h42-44,47H,4-40H2,1-3H3. The average molecular weight is 706 g/mol. The summed E-state index contributed by atoms with van der Waals surface area (Å²) in [5.74, 6) is 1.55. The number of esters is 1. The number of aliphatic hydroxyl groups excluding tert-OH is 1. The number of ether oxygens (including phenoxy) is 2. The first-order valence-corrected chi connectivity index (χ1v) is 22.4. The number of carbonyl (C=O) groups is 1. The predicted octanol–water partition coefficient (Wildman–Crippen LogP) is 13.3. The molecule has 0 amide bonds. The van der Waals surface area contributed by atoms with Gasteiger partial charge in [-0.3, -0.25) is 9.69 Å². The van der Waals surface area contributed by atoms with Gasteiger partial charge in [-0.1, -0.05) is 156 Å². The van der Waals surface area contributed by atoms with E-state index in [1.165, 1.54) is 167 Å². The number of likely N-dealkylation sites (tertiary alicyclic amines) is 1. The van der Waals surface area contributed by atoms with Gasteiger partial charge in [0.1, 0.15) is 0 Å². The number of rotatable bonds is 37. The van der Waals surface area contributed by atoms with Crippen molar-refractivity contribution in [2.24, 2.45) is 5.92 Å². The van der Waals surface area contributed by atoms with Gasteiger partial charge in [0.15, 0.2) is 0 Å². The number of β-amino-alcohol motifs (C(OH)–C–C–N with tert-alkyl or cyclic N) is 1. The van der Waals surface area contributed by atoms with Gasteiger partial charge in [0, 0.05) is 25.4 Å². The molecule has 0 bridgehead atoms. The topological polar surface area (TPSA) is 59.0 Å². The highest BCUT2D eigenvalue weighted by molar-refractivity contribution is 5.69. The Morgan fingerprint density at radius 3 is 1.76 bits per heavy atom. The number of nitrogens with zero attached hydrogens (tertiary/aromatic N) is 1. The molecule has 1 heterocycles. The van der Waals surface area contributed by atoms with Gasteiger partial charge in [0.2, 0.25) is 0 Å². The van der Waals surface area contributed by atoms with Crippen LogP contribution in [0.15, 0.2) is 12.3 Å². The first-order valence-electron chi connectivity index (χ1n) is 22.4. The summed E-state index contributed by atoms with van der Waals surface area (Å²) in [6, 6.07) is 0.374. The molecule has 50 heavy (non-hydrogen) atoms. The number of carbonyl (C=O) groups excluding carboxylic acids is 1. The number of piperidine rings is 1. The Balaban J connectivity index is 2.37. The lowest BCUT2D eigenvalue weighted by Crippen LogP contribution is -2.46. The minimum Gasteiger partial charge on any atom is -0.495 e. The molecule has 5 nitrogen and oxygen atoms in total. The predicted molar refractivity (Wildman–Crippen MR) is 216 cm³/mol. The van der Waals surface area contributed by atoms with Gasteiger partial charge >= 0.3 is 5.97 Å². The van der Waals surface area contributed by atoms with Gasteiger partial charge in [-0.25, -0.2) is 0 Å². The summed E-state index contributed by atoms with van der Waals surface area (Å²) >= 11 is 0. The summed E-state index contributed by atoms with van der Waals surface area (Å²) in [6.45, 7) is 13.7. The fourth-order valence-electron chi connectivity index (χ4n) is 8.08. The maximum atomic E-state index is 12.6. The van der Waals surface area contributed by atoms with Crippen LogP contribution in [0.4, 0.5) is 0 Å². The van der Waals surface area contributed by atoms with E-state index in [1.54, 1.807) is 0 Å². The largest absolute Gasteiger partial charge is 0.495 e. The zero-order valence-corrected chi connectivity index (χ0v) is 34.0. The Morgan fingerprint density at radius 2 is 1.20 bits per heavy atom. The van der Waals surface area contributed by atoms with E-state index in [0.29, 0.717) is 37.6 Å². The maximum Gasteiger partial charge on any atom is 0.305 e. The normalized spacial score (nSPS) is 16.7. The third-order valence-electron chi connectivity index (χ3n) is 11.2. The van der Waals surface area contributed by atoms with E-state index in [9.17, 15) is 9.90 Å². The SMILES string of the molecule is C=C(CCCCCC1CCCN(CCO)C1CCC(=O)OCCCCCCCCCCC)OC(CCCCCCCC)CCCCCCCC. The molecule has 0 saturated carbocycles. The lowest BCUT2D eigenvalue weighted by molar-refractivity contribution is -0.144. The van der Waals surface area contributed by atoms with Crippen LogP contribution in [0.2, 0.25) is 0 Å². The Morgan fingerprint density at radius 1 is 0.680 bits per heavy atom. The van der Waals surface area contributed by atoms with E-state index in [2.05, 4.69) is 32.3 Å². The van der Waals surface area contributed by atoms with Crippen molar-refractivity contribution in [2.75, 3.05) is 26.3 Å². The molecule has 0 aromatic rings. The molecular weight excluding hydrogens is 618 g/mol. The quantitative estimate of drug-likeness (QED) is 0.0396. The summed E-state index contributed by atoms with van der Waals surface area (Å²) in [6.07, 6.45) is 39.7. The number of unbranched alkanes of at least 4 members (excludes halogenated alkanes) is 20. The maximum absolute atomic E-state index is 12.6. The molecule has 2 unspecified atom stereocenters. The molecule has 1 rings (SSSR count). The molecular formula is C45H87NO4. The number of hydrogen-bond donors (Lipinski definition) is 1. The Bertz CT molecular complexity index is 739. The van der Waals surface area contributed by atoms with E-state index < -0.39 is 0 Å². The van der Waals surface area contributed by atoms with Crippen LogP contribution in [-0.2, 0) is 14.3 Å². The van der Waals surface area contributed by atoms with Gasteiger partial charge in [0.25, 0.3) is 0 Å². The van der Waals surface area contributed by atoms with Crippen LogP contribution in [0.1, 0.15) is 226 Å². The minimum atomic E-state index is -0.0392. The fourth-order valence-corrected chi connectivity index (χ4v) is 8.08. The second-order valence-corrected chi connectivity index (χ2v) is 15.8. The first kappa shape index (κ1) is 47.0. The summed E-state index contributed by atoms with van der Waals surface area (Å²) in [5.41, 5.74) is 0. The van der Waals surface area contributed by atoms with Gasteiger partial charge in [-0.2, -0.15) is 0 Å². The fraction of sp³-hybridized carbons (Fsp3) is 0.933. The molecule has 0 aromatic carbocycles. The molecule has 1 N–H and O–H groups in total. The Labute approximate surface area is 312 Å². The van der Waals surface area contributed by atoms with E-state index in [0.717, 1.165) is 44.4 Å². The van der Waals surface area contributed by atoms with Crippen LogP contribution in [0.25, 0.3) is 0 Å². The summed E-state index contributed by atoms with van der Waals surface area (Å²) in [4.78, 5) is 15.1. The average Bonchev–Trinajstić information content (AvgIpc) is 3.11. The second-order valence-electron chi connectivity index (χ2n) is 15.8. The molecule has 5 heteroatoms. The van der Waals surface area contributed by atoms with Crippen molar-refractivity contribution in [3.63, 3.8) is 0 Å². The van der Waals surface area contributed by atoms with Crippen molar-refractivity contribution in [3.8, 4) is 0 Å². The first-order chi connectivity index (χ1) is 24.5. The van der Waals surface area contributed by atoms with Crippen molar-refractivity contribution in [1.82, 2.24) is 4.90 Å².